The molecule has 0 radical (unpaired) electrons. The summed E-state index contributed by atoms with van der Waals surface area (Å²) in [5.41, 5.74) is -0.238. The Morgan fingerprint density at radius 2 is 2.05 bits per heavy atom. The molecule has 0 bridgehead atoms. The summed E-state index contributed by atoms with van der Waals surface area (Å²) < 4.78 is 38.7. The van der Waals surface area contributed by atoms with Gasteiger partial charge in [-0.2, -0.15) is 18.3 Å². The molecule has 7 heteroatoms. The normalized spacial score (nSPS) is 13.3. The molecule has 19 heavy (non-hydrogen) atoms. The molecule has 0 amide bonds. The smallest absolute Gasteiger partial charge is 0.375 e. The lowest BCUT2D eigenvalue weighted by Crippen LogP contribution is -2.14. The summed E-state index contributed by atoms with van der Waals surface area (Å²) >= 11 is 5.85. The van der Waals surface area contributed by atoms with Crippen LogP contribution < -0.4 is 5.32 Å². The largest absolute Gasteiger partial charge is 0.418 e. The Hall–Kier alpha value is -1.69. The minimum absolute atomic E-state index is 0.0289. The van der Waals surface area contributed by atoms with E-state index in [9.17, 15) is 13.2 Å². The number of H-pyrrole nitrogens is 1. The molecule has 3 nitrogen and oxygen atoms in total. The average molecular weight is 290 g/mol. The predicted octanol–water partition coefficient (Wildman–Crippen LogP) is 4.26. The van der Waals surface area contributed by atoms with Crippen molar-refractivity contribution >= 4 is 17.3 Å². The van der Waals surface area contributed by atoms with Crippen LogP contribution in [0.25, 0.3) is 0 Å². The van der Waals surface area contributed by atoms with Crippen molar-refractivity contribution in [1.29, 1.82) is 0 Å². The van der Waals surface area contributed by atoms with Crippen molar-refractivity contribution in [3.8, 4) is 0 Å². The van der Waals surface area contributed by atoms with Gasteiger partial charge in [0.15, 0.2) is 0 Å². The molecule has 1 atom stereocenters. The molecule has 1 aromatic carbocycles. The highest BCUT2D eigenvalue weighted by Gasteiger charge is 2.34. The number of anilines is 1. The monoisotopic (exact) mass is 289 g/mol. The van der Waals surface area contributed by atoms with Gasteiger partial charge in [0.1, 0.15) is 0 Å². The number of aromatic amines is 1. The van der Waals surface area contributed by atoms with Crippen LogP contribution in [0, 0.1) is 0 Å². The molecule has 2 aromatic rings. The number of hydrogen-bond acceptors (Lipinski definition) is 2. The topological polar surface area (TPSA) is 40.7 Å². The third-order valence-corrected chi connectivity index (χ3v) is 2.98. The van der Waals surface area contributed by atoms with Crippen LogP contribution in [-0.2, 0) is 6.18 Å². The first-order chi connectivity index (χ1) is 8.89. The van der Waals surface area contributed by atoms with Crippen LogP contribution in [-0.4, -0.2) is 10.2 Å². The van der Waals surface area contributed by atoms with Crippen LogP contribution >= 0.6 is 11.6 Å². The first-order valence-electron chi connectivity index (χ1n) is 5.51. The summed E-state index contributed by atoms with van der Waals surface area (Å²) in [5.74, 6) is 0. The van der Waals surface area contributed by atoms with Crippen molar-refractivity contribution in [2.45, 2.75) is 19.1 Å². The van der Waals surface area contributed by atoms with Crippen molar-refractivity contribution in [2.75, 3.05) is 5.32 Å². The van der Waals surface area contributed by atoms with Crippen LogP contribution in [0.2, 0.25) is 5.02 Å². The van der Waals surface area contributed by atoms with Gasteiger partial charge in [-0.05, 0) is 25.1 Å². The molecule has 1 unspecified atom stereocenters. The fourth-order valence-electron chi connectivity index (χ4n) is 1.71. The summed E-state index contributed by atoms with van der Waals surface area (Å²) in [7, 11) is 0. The molecule has 0 saturated heterocycles. The molecule has 0 aliphatic carbocycles. The van der Waals surface area contributed by atoms with Crippen LogP contribution in [0.15, 0.2) is 30.5 Å². The number of halogens is 4. The number of alkyl halides is 3. The van der Waals surface area contributed by atoms with Gasteiger partial charge < -0.3 is 5.32 Å². The van der Waals surface area contributed by atoms with Gasteiger partial charge in [-0.3, -0.25) is 5.10 Å². The van der Waals surface area contributed by atoms with Gasteiger partial charge in [-0.15, -0.1) is 0 Å². The molecular weight excluding hydrogens is 279 g/mol. The van der Waals surface area contributed by atoms with E-state index >= 15 is 0 Å². The Balaban J connectivity index is 2.34. The van der Waals surface area contributed by atoms with Gasteiger partial charge in [-0.25, -0.2) is 0 Å². The molecule has 102 valence electrons. The zero-order valence-electron chi connectivity index (χ0n) is 9.92. The maximum absolute atomic E-state index is 12.9. The number of aromatic nitrogens is 2. The fourth-order valence-corrected chi connectivity index (χ4v) is 1.94. The summed E-state index contributed by atoms with van der Waals surface area (Å²) in [4.78, 5) is 0. The average Bonchev–Trinajstić information content (AvgIpc) is 2.83. The van der Waals surface area contributed by atoms with E-state index in [0.29, 0.717) is 5.69 Å². The fraction of sp³-hybridized carbons (Fsp3) is 0.250. The Morgan fingerprint density at radius 1 is 1.32 bits per heavy atom. The van der Waals surface area contributed by atoms with E-state index in [4.69, 9.17) is 11.6 Å². The van der Waals surface area contributed by atoms with E-state index < -0.39 is 11.7 Å². The van der Waals surface area contributed by atoms with Crippen molar-refractivity contribution < 1.29 is 13.2 Å². The summed E-state index contributed by atoms with van der Waals surface area (Å²) in [6.07, 6.45) is -2.92. The molecule has 0 aliphatic heterocycles. The zero-order valence-corrected chi connectivity index (χ0v) is 10.7. The van der Waals surface area contributed by atoms with Crippen LogP contribution in [0.3, 0.4) is 0 Å². The van der Waals surface area contributed by atoms with Gasteiger partial charge in [0, 0.05) is 6.20 Å². The number of benzene rings is 1. The van der Waals surface area contributed by atoms with E-state index in [1.54, 1.807) is 13.0 Å². The van der Waals surface area contributed by atoms with Crippen LogP contribution in [0.5, 0.6) is 0 Å². The number of nitrogens with zero attached hydrogens (tertiary/aromatic N) is 1. The van der Waals surface area contributed by atoms with Gasteiger partial charge in [-0.1, -0.05) is 17.7 Å². The van der Waals surface area contributed by atoms with E-state index in [2.05, 4.69) is 15.5 Å². The molecule has 0 saturated carbocycles. The van der Waals surface area contributed by atoms with Crippen molar-refractivity contribution in [3.63, 3.8) is 0 Å². The van der Waals surface area contributed by atoms with Crippen LogP contribution in [0.4, 0.5) is 18.9 Å². The molecular formula is C12H11ClF3N3. The molecule has 2 N–H and O–H groups in total. The Kier molecular flexibility index (Phi) is 3.71. The Morgan fingerprint density at radius 3 is 2.63 bits per heavy atom. The van der Waals surface area contributed by atoms with Gasteiger partial charge >= 0.3 is 6.18 Å². The number of hydrogen-bond donors (Lipinski definition) is 2. The highest BCUT2D eigenvalue weighted by atomic mass is 35.5. The second-order valence-electron chi connectivity index (χ2n) is 4.04. The third-order valence-electron chi connectivity index (χ3n) is 2.67. The summed E-state index contributed by atoms with van der Waals surface area (Å²) in [5, 5.41) is 9.25. The minimum atomic E-state index is -4.46. The second-order valence-corrected chi connectivity index (χ2v) is 4.45. The first-order valence-corrected chi connectivity index (χ1v) is 5.89. The minimum Gasteiger partial charge on any atom is -0.375 e. The Bertz CT molecular complexity index is 552. The SMILES string of the molecule is CC(Nc1c(Cl)cccc1C(F)(F)F)c1ccn[nH]1. The van der Waals surface area contributed by atoms with Crippen molar-refractivity contribution in [3.05, 3.63) is 46.7 Å². The highest BCUT2D eigenvalue weighted by Crippen LogP contribution is 2.39. The number of rotatable bonds is 3. The zero-order chi connectivity index (χ0) is 14.0. The number of nitrogens with one attached hydrogen (secondary N) is 2. The van der Waals surface area contributed by atoms with E-state index in [-0.39, 0.29) is 16.8 Å². The molecule has 2 rings (SSSR count). The lowest BCUT2D eigenvalue weighted by molar-refractivity contribution is -0.137. The highest BCUT2D eigenvalue weighted by molar-refractivity contribution is 6.33. The molecule has 1 aromatic heterocycles. The van der Waals surface area contributed by atoms with Crippen molar-refractivity contribution in [1.82, 2.24) is 10.2 Å². The Labute approximate surface area is 112 Å². The molecule has 1 heterocycles. The third kappa shape index (κ3) is 3.01. The van der Waals surface area contributed by atoms with E-state index in [1.165, 1.54) is 18.3 Å². The van der Waals surface area contributed by atoms with E-state index in [0.717, 1.165) is 6.07 Å². The van der Waals surface area contributed by atoms with Gasteiger partial charge in [0.05, 0.1) is 28.0 Å². The van der Waals surface area contributed by atoms with Crippen LogP contribution in [0.1, 0.15) is 24.2 Å². The predicted molar refractivity (Wildman–Crippen MR) is 67.1 cm³/mol. The van der Waals surface area contributed by atoms with Gasteiger partial charge in [0.2, 0.25) is 0 Å². The molecule has 0 aliphatic rings. The summed E-state index contributed by atoms with van der Waals surface area (Å²) in [6.45, 7) is 1.72. The molecule has 0 spiro atoms. The maximum Gasteiger partial charge on any atom is 0.418 e. The lowest BCUT2D eigenvalue weighted by Gasteiger charge is -2.19. The summed E-state index contributed by atoms with van der Waals surface area (Å²) in [6, 6.07) is 4.99. The second kappa shape index (κ2) is 5.13. The van der Waals surface area contributed by atoms with E-state index in [1.807, 2.05) is 0 Å². The lowest BCUT2D eigenvalue weighted by atomic mass is 10.1. The quantitative estimate of drug-likeness (QED) is 0.886. The maximum atomic E-state index is 12.9. The first kappa shape index (κ1) is 13.7. The number of para-hydroxylation sites is 1. The van der Waals surface area contributed by atoms with Crippen molar-refractivity contribution in [2.24, 2.45) is 0 Å². The van der Waals surface area contributed by atoms with Gasteiger partial charge in [0.25, 0.3) is 0 Å². The molecule has 0 fully saturated rings. The standard InChI is InChI=1S/C12H11ClF3N3/c1-7(10-5-6-17-19-10)18-11-8(12(14,15)16)3-2-4-9(11)13/h2-7,18H,1H3,(H,17,19).